The van der Waals surface area contributed by atoms with Crippen molar-refractivity contribution < 1.29 is 14.3 Å². The molecule has 1 aliphatic rings. The zero-order valence-corrected chi connectivity index (χ0v) is 10.8. The molecule has 0 bridgehead atoms. The number of hydrogen-bond donors (Lipinski definition) is 2. The Morgan fingerprint density at radius 3 is 3.17 bits per heavy atom. The number of piperazine rings is 1. The topological polar surface area (TPSA) is 70.7 Å². The van der Waals surface area contributed by atoms with Crippen LogP contribution in [0.4, 0.5) is 0 Å². The predicted molar refractivity (Wildman–Crippen MR) is 68.1 cm³/mol. The molecular formula is C12H21N3O3. The van der Waals surface area contributed by atoms with Crippen LogP contribution >= 0.6 is 0 Å². The Morgan fingerprint density at radius 1 is 1.72 bits per heavy atom. The molecule has 1 saturated heterocycles. The van der Waals surface area contributed by atoms with Crippen LogP contribution in [0.5, 0.6) is 0 Å². The number of ether oxygens (including phenoxy) is 1. The molecule has 1 atom stereocenters. The molecule has 6 nitrogen and oxygen atoms in total. The van der Waals surface area contributed by atoms with Crippen molar-refractivity contribution in [3.63, 3.8) is 0 Å². The molecular weight excluding hydrogens is 234 g/mol. The van der Waals surface area contributed by atoms with Gasteiger partial charge in [0.05, 0.1) is 19.1 Å². The summed E-state index contributed by atoms with van der Waals surface area (Å²) in [7, 11) is 1.60. The fourth-order valence-electron chi connectivity index (χ4n) is 1.82. The van der Waals surface area contributed by atoms with Crippen LogP contribution in [0.1, 0.15) is 6.42 Å². The number of amides is 2. The smallest absolute Gasteiger partial charge is 0.240 e. The average Bonchev–Trinajstić information content (AvgIpc) is 2.37. The molecule has 0 aromatic heterocycles. The molecule has 2 N–H and O–H groups in total. The second kappa shape index (κ2) is 7.84. The molecule has 0 aliphatic carbocycles. The van der Waals surface area contributed by atoms with Crippen LogP contribution in [0.3, 0.4) is 0 Å². The lowest BCUT2D eigenvalue weighted by Crippen LogP contribution is -2.56. The molecule has 102 valence electrons. The molecule has 0 aromatic rings. The Morgan fingerprint density at radius 2 is 2.50 bits per heavy atom. The van der Waals surface area contributed by atoms with Crippen LogP contribution in [-0.4, -0.2) is 62.7 Å². The van der Waals surface area contributed by atoms with Crippen molar-refractivity contribution >= 4 is 11.8 Å². The van der Waals surface area contributed by atoms with Gasteiger partial charge in [0.15, 0.2) is 0 Å². The third kappa shape index (κ3) is 4.46. The first-order valence-electron chi connectivity index (χ1n) is 6.07. The van der Waals surface area contributed by atoms with Crippen molar-refractivity contribution in [3.8, 4) is 0 Å². The maximum atomic E-state index is 12.0. The number of methoxy groups -OCH3 is 1. The van der Waals surface area contributed by atoms with Crippen LogP contribution in [0, 0.1) is 0 Å². The standard InChI is InChI=1S/C12H21N3O3/c1-3-4-14-11(16)9-10-12(17)15(6-5-13-10)7-8-18-2/h3,10,13H,1,4-9H2,2H3,(H,14,16). The zero-order chi connectivity index (χ0) is 13.4. The van der Waals surface area contributed by atoms with E-state index in [1.807, 2.05) is 0 Å². The number of hydrogen-bond acceptors (Lipinski definition) is 4. The summed E-state index contributed by atoms with van der Waals surface area (Å²) in [5, 5.41) is 5.73. The first-order chi connectivity index (χ1) is 8.69. The first-order valence-corrected chi connectivity index (χ1v) is 6.07. The van der Waals surface area contributed by atoms with E-state index >= 15 is 0 Å². The van der Waals surface area contributed by atoms with Crippen molar-refractivity contribution in [2.24, 2.45) is 0 Å². The molecule has 1 heterocycles. The minimum absolute atomic E-state index is 0.0351. The third-order valence-electron chi connectivity index (χ3n) is 2.78. The van der Waals surface area contributed by atoms with Crippen LogP contribution < -0.4 is 10.6 Å². The number of carbonyl (C=O) groups is 2. The highest BCUT2D eigenvalue weighted by Crippen LogP contribution is 2.05. The highest BCUT2D eigenvalue weighted by Gasteiger charge is 2.29. The summed E-state index contributed by atoms with van der Waals surface area (Å²) < 4.78 is 4.96. The normalized spacial score (nSPS) is 19.7. The van der Waals surface area contributed by atoms with Crippen LogP contribution in [0.15, 0.2) is 12.7 Å². The van der Waals surface area contributed by atoms with Crippen molar-refractivity contribution in [1.29, 1.82) is 0 Å². The summed E-state index contributed by atoms with van der Waals surface area (Å²) in [4.78, 5) is 25.3. The summed E-state index contributed by atoms with van der Waals surface area (Å²) >= 11 is 0. The fourth-order valence-corrected chi connectivity index (χ4v) is 1.82. The monoisotopic (exact) mass is 255 g/mol. The molecule has 1 rings (SSSR count). The fraction of sp³-hybridized carbons (Fsp3) is 0.667. The molecule has 0 spiro atoms. The van der Waals surface area contributed by atoms with Crippen molar-refractivity contribution in [2.75, 3.05) is 39.9 Å². The van der Waals surface area contributed by atoms with Gasteiger partial charge in [0.25, 0.3) is 0 Å². The maximum Gasteiger partial charge on any atom is 0.240 e. The zero-order valence-electron chi connectivity index (χ0n) is 10.8. The van der Waals surface area contributed by atoms with Gasteiger partial charge in [-0.05, 0) is 0 Å². The Balaban J connectivity index is 2.42. The number of rotatable bonds is 7. The van der Waals surface area contributed by atoms with Gasteiger partial charge in [0.2, 0.25) is 11.8 Å². The van der Waals surface area contributed by atoms with Gasteiger partial charge >= 0.3 is 0 Å². The van der Waals surface area contributed by atoms with Gasteiger partial charge in [-0.25, -0.2) is 0 Å². The Kier molecular flexibility index (Phi) is 6.38. The largest absolute Gasteiger partial charge is 0.383 e. The first kappa shape index (κ1) is 14.7. The SMILES string of the molecule is C=CCNC(=O)CC1NCCN(CCOC)C1=O. The second-order valence-corrected chi connectivity index (χ2v) is 4.12. The van der Waals surface area contributed by atoms with Gasteiger partial charge in [0.1, 0.15) is 0 Å². The summed E-state index contributed by atoms with van der Waals surface area (Å²) in [6.07, 6.45) is 1.77. The predicted octanol–water partition coefficient (Wildman–Crippen LogP) is -0.874. The molecule has 0 radical (unpaired) electrons. The van der Waals surface area contributed by atoms with E-state index in [1.54, 1.807) is 18.1 Å². The summed E-state index contributed by atoms with van der Waals surface area (Å²) in [5.74, 6) is -0.179. The van der Waals surface area contributed by atoms with E-state index in [9.17, 15) is 9.59 Å². The lowest BCUT2D eigenvalue weighted by Gasteiger charge is -2.32. The molecule has 0 saturated carbocycles. The van der Waals surface area contributed by atoms with E-state index in [0.717, 1.165) is 0 Å². The molecule has 6 heteroatoms. The van der Waals surface area contributed by atoms with Crippen LogP contribution in [0.25, 0.3) is 0 Å². The Hall–Kier alpha value is -1.40. The summed E-state index contributed by atoms with van der Waals surface area (Å²) in [6.45, 7) is 6.39. The van der Waals surface area contributed by atoms with Crippen LogP contribution in [0.2, 0.25) is 0 Å². The van der Waals surface area contributed by atoms with Gasteiger partial charge in [-0.15, -0.1) is 6.58 Å². The van der Waals surface area contributed by atoms with Crippen molar-refractivity contribution in [1.82, 2.24) is 15.5 Å². The molecule has 1 aliphatic heterocycles. The minimum atomic E-state index is -0.430. The average molecular weight is 255 g/mol. The molecule has 1 fully saturated rings. The summed E-state index contributed by atoms with van der Waals surface area (Å²) in [5.41, 5.74) is 0. The number of carbonyl (C=O) groups excluding carboxylic acids is 2. The van der Waals surface area contributed by atoms with Gasteiger partial charge in [-0.2, -0.15) is 0 Å². The van der Waals surface area contributed by atoms with Gasteiger partial charge in [-0.1, -0.05) is 6.08 Å². The highest BCUT2D eigenvalue weighted by atomic mass is 16.5. The maximum absolute atomic E-state index is 12.0. The Bertz CT molecular complexity index is 307. The van der Waals surface area contributed by atoms with Gasteiger partial charge < -0.3 is 20.3 Å². The second-order valence-electron chi connectivity index (χ2n) is 4.12. The number of nitrogens with zero attached hydrogens (tertiary/aromatic N) is 1. The van der Waals surface area contributed by atoms with Gasteiger partial charge in [0, 0.05) is 33.3 Å². The molecule has 18 heavy (non-hydrogen) atoms. The number of nitrogens with one attached hydrogen (secondary N) is 2. The minimum Gasteiger partial charge on any atom is -0.383 e. The Labute approximate surface area is 107 Å². The lowest BCUT2D eigenvalue weighted by molar-refractivity contribution is -0.138. The third-order valence-corrected chi connectivity index (χ3v) is 2.78. The van der Waals surface area contributed by atoms with E-state index in [0.29, 0.717) is 32.8 Å². The van der Waals surface area contributed by atoms with E-state index in [4.69, 9.17) is 4.74 Å². The molecule has 1 unspecified atom stereocenters. The van der Waals surface area contributed by atoms with E-state index in [1.165, 1.54) is 0 Å². The van der Waals surface area contributed by atoms with E-state index in [-0.39, 0.29) is 18.2 Å². The summed E-state index contributed by atoms with van der Waals surface area (Å²) in [6, 6.07) is -0.430. The van der Waals surface area contributed by atoms with Crippen LogP contribution in [-0.2, 0) is 14.3 Å². The highest BCUT2D eigenvalue weighted by molar-refractivity contribution is 5.88. The van der Waals surface area contributed by atoms with Crippen molar-refractivity contribution in [2.45, 2.75) is 12.5 Å². The quantitative estimate of drug-likeness (QED) is 0.580. The lowest BCUT2D eigenvalue weighted by atomic mass is 10.1. The molecule has 2 amide bonds. The van der Waals surface area contributed by atoms with E-state index < -0.39 is 6.04 Å². The van der Waals surface area contributed by atoms with E-state index in [2.05, 4.69) is 17.2 Å². The molecule has 0 aromatic carbocycles. The van der Waals surface area contributed by atoms with Gasteiger partial charge in [-0.3, -0.25) is 9.59 Å². The van der Waals surface area contributed by atoms with Crippen molar-refractivity contribution in [3.05, 3.63) is 12.7 Å².